The van der Waals surface area contributed by atoms with Gasteiger partial charge in [0.05, 0.1) is 17.4 Å². The summed E-state index contributed by atoms with van der Waals surface area (Å²) in [6, 6.07) is 1.99. The molecular formula is C7H5ClN2O. The first-order valence-corrected chi connectivity index (χ1v) is 3.48. The number of hydrogen-bond acceptors (Lipinski definition) is 3. The van der Waals surface area contributed by atoms with Crippen molar-refractivity contribution in [1.29, 1.82) is 5.26 Å². The molecule has 0 saturated heterocycles. The van der Waals surface area contributed by atoms with Gasteiger partial charge in [0.2, 0.25) is 0 Å². The molecule has 1 rings (SSSR count). The Hall–Kier alpha value is -1.14. The van der Waals surface area contributed by atoms with Crippen LogP contribution in [0.25, 0.3) is 0 Å². The number of nitroso groups, excluding NO2 is 1. The fraction of sp³-hybridized carbons (Fsp3) is 0.286. The zero-order valence-electron chi connectivity index (χ0n) is 5.57. The van der Waals surface area contributed by atoms with Crippen LogP contribution < -0.4 is 0 Å². The van der Waals surface area contributed by atoms with E-state index in [0.29, 0.717) is 0 Å². The van der Waals surface area contributed by atoms with Gasteiger partial charge in [0, 0.05) is 0 Å². The van der Waals surface area contributed by atoms with Gasteiger partial charge in [0.15, 0.2) is 0 Å². The third-order valence-corrected chi connectivity index (χ3v) is 1.80. The van der Waals surface area contributed by atoms with Gasteiger partial charge in [-0.2, -0.15) is 5.26 Å². The molecule has 0 aromatic carbocycles. The molecular weight excluding hydrogens is 164 g/mol. The molecule has 1 aliphatic carbocycles. The van der Waals surface area contributed by atoms with Crippen molar-refractivity contribution in [2.24, 2.45) is 11.1 Å². The van der Waals surface area contributed by atoms with Gasteiger partial charge in [-0.25, -0.2) is 0 Å². The van der Waals surface area contributed by atoms with Crippen molar-refractivity contribution in [2.75, 3.05) is 0 Å². The molecule has 4 heteroatoms. The molecule has 0 aromatic rings. The highest BCUT2D eigenvalue weighted by Gasteiger charge is 2.17. The molecule has 3 nitrogen and oxygen atoms in total. The Morgan fingerprint density at radius 3 is 2.91 bits per heavy atom. The molecule has 11 heavy (non-hydrogen) atoms. The Kier molecular flexibility index (Phi) is 2.40. The van der Waals surface area contributed by atoms with Crippen LogP contribution in [0.5, 0.6) is 0 Å². The van der Waals surface area contributed by atoms with E-state index < -0.39 is 5.38 Å². The summed E-state index contributed by atoms with van der Waals surface area (Å²) in [4.78, 5) is 9.99. The van der Waals surface area contributed by atoms with Crippen molar-refractivity contribution in [2.45, 2.75) is 5.38 Å². The highest BCUT2D eigenvalue weighted by Crippen LogP contribution is 2.21. The lowest BCUT2D eigenvalue weighted by atomic mass is 10.0. The summed E-state index contributed by atoms with van der Waals surface area (Å²) in [5.41, 5.74) is 0.288. The number of halogens is 1. The predicted molar refractivity (Wildman–Crippen MR) is 41.8 cm³/mol. The summed E-state index contributed by atoms with van der Waals surface area (Å²) in [6.07, 6.45) is 4.55. The largest absolute Gasteiger partial charge is 0.198 e. The molecule has 0 fully saturated rings. The second kappa shape index (κ2) is 3.31. The molecule has 0 N–H and O–H groups in total. The van der Waals surface area contributed by atoms with Crippen LogP contribution in [0.3, 0.4) is 0 Å². The van der Waals surface area contributed by atoms with Crippen molar-refractivity contribution < 1.29 is 0 Å². The van der Waals surface area contributed by atoms with Crippen LogP contribution in [-0.4, -0.2) is 5.38 Å². The summed E-state index contributed by atoms with van der Waals surface area (Å²) in [5, 5.41) is 10.8. The molecule has 0 spiro atoms. The van der Waals surface area contributed by atoms with Gasteiger partial charge in [-0.1, -0.05) is 6.08 Å². The first-order valence-electron chi connectivity index (χ1n) is 3.05. The molecule has 0 saturated carbocycles. The van der Waals surface area contributed by atoms with Crippen LogP contribution in [0.2, 0.25) is 0 Å². The molecule has 0 aliphatic heterocycles. The molecule has 0 amide bonds. The SMILES string of the molecule is N#CC1C=CC(N=O)=CC1Cl. The van der Waals surface area contributed by atoms with Crippen LogP contribution in [0.4, 0.5) is 0 Å². The summed E-state index contributed by atoms with van der Waals surface area (Å²) < 4.78 is 0. The summed E-state index contributed by atoms with van der Waals surface area (Å²) in [5.74, 6) is -0.345. The van der Waals surface area contributed by atoms with E-state index >= 15 is 0 Å². The minimum Gasteiger partial charge on any atom is -0.198 e. The maximum atomic E-state index is 9.99. The third-order valence-electron chi connectivity index (χ3n) is 1.40. The molecule has 0 aromatic heterocycles. The second-order valence-electron chi connectivity index (χ2n) is 2.14. The Bertz CT molecular complexity index is 264. The van der Waals surface area contributed by atoms with Crippen molar-refractivity contribution in [1.82, 2.24) is 0 Å². The van der Waals surface area contributed by atoms with Crippen LogP contribution in [-0.2, 0) is 0 Å². The van der Waals surface area contributed by atoms with E-state index in [1.165, 1.54) is 12.2 Å². The topological polar surface area (TPSA) is 53.2 Å². The summed E-state index contributed by atoms with van der Waals surface area (Å²) >= 11 is 5.71. The van der Waals surface area contributed by atoms with Gasteiger partial charge in [-0.3, -0.25) is 0 Å². The van der Waals surface area contributed by atoms with Crippen LogP contribution >= 0.6 is 11.6 Å². The Balaban J connectivity index is 2.80. The average molecular weight is 169 g/mol. The lowest BCUT2D eigenvalue weighted by Crippen LogP contribution is -2.11. The molecule has 2 atom stereocenters. The van der Waals surface area contributed by atoms with Gasteiger partial charge in [-0.05, 0) is 17.3 Å². The van der Waals surface area contributed by atoms with Crippen molar-refractivity contribution >= 4 is 11.6 Å². The summed E-state index contributed by atoms with van der Waals surface area (Å²) in [6.45, 7) is 0. The first-order chi connectivity index (χ1) is 5.27. The molecule has 2 unspecified atom stereocenters. The van der Waals surface area contributed by atoms with Gasteiger partial charge in [-0.15, -0.1) is 16.5 Å². The Morgan fingerprint density at radius 1 is 1.73 bits per heavy atom. The lowest BCUT2D eigenvalue weighted by molar-refractivity contribution is 0.835. The van der Waals surface area contributed by atoms with Gasteiger partial charge in [0.1, 0.15) is 5.70 Å². The molecule has 0 heterocycles. The second-order valence-corrected chi connectivity index (χ2v) is 2.65. The predicted octanol–water partition coefficient (Wildman–Crippen LogP) is 1.95. The number of nitriles is 1. The fourth-order valence-corrected chi connectivity index (χ4v) is 1.08. The number of rotatable bonds is 1. The Morgan fingerprint density at radius 2 is 2.45 bits per heavy atom. The van der Waals surface area contributed by atoms with E-state index in [0.717, 1.165) is 0 Å². The van der Waals surface area contributed by atoms with Gasteiger partial charge < -0.3 is 0 Å². The average Bonchev–Trinajstić information content (AvgIpc) is 2.04. The van der Waals surface area contributed by atoms with E-state index in [2.05, 4.69) is 5.18 Å². The monoisotopic (exact) mass is 168 g/mol. The van der Waals surface area contributed by atoms with Crippen molar-refractivity contribution in [3.63, 3.8) is 0 Å². The van der Waals surface area contributed by atoms with Crippen molar-refractivity contribution in [3.8, 4) is 6.07 Å². The minimum atomic E-state index is -0.433. The fourth-order valence-electron chi connectivity index (χ4n) is 0.806. The van der Waals surface area contributed by atoms with E-state index in [1.807, 2.05) is 6.07 Å². The highest BCUT2D eigenvalue weighted by molar-refractivity contribution is 6.22. The standard InChI is InChI=1S/C7H5ClN2O/c8-7-3-6(10-11)2-1-5(7)4-9/h1-3,5,7H. The smallest absolute Gasteiger partial charge is 0.105 e. The van der Waals surface area contributed by atoms with Crippen LogP contribution in [0.15, 0.2) is 29.1 Å². The molecule has 56 valence electrons. The van der Waals surface area contributed by atoms with E-state index in [9.17, 15) is 4.91 Å². The summed E-state index contributed by atoms with van der Waals surface area (Å²) in [7, 11) is 0. The zero-order valence-corrected chi connectivity index (χ0v) is 6.32. The Labute approximate surface area is 68.9 Å². The van der Waals surface area contributed by atoms with Gasteiger partial charge >= 0.3 is 0 Å². The number of alkyl halides is 1. The number of hydrogen-bond donors (Lipinski definition) is 0. The lowest BCUT2D eigenvalue weighted by Gasteiger charge is -2.10. The van der Waals surface area contributed by atoms with Crippen LogP contribution in [0, 0.1) is 22.2 Å². The number of allylic oxidation sites excluding steroid dienone is 3. The van der Waals surface area contributed by atoms with E-state index in [4.69, 9.17) is 16.9 Å². The van der Waals surface area contributed by atoms with Crippen molar-refractivity contribution in [3.05, 3.63) is 28.8 Å². The third kappa shape index (κ3) is 1.66. The highest BCUT2D eigenvalue weighted by atomic mass is 35.5. The van der Waals surface area contributed by atoms with E-state index in [1.54, 1.807) is 6.08 Å². The number of nitrogens with zero attached hydrogens (tertiary/aromatic N) is 2. The molecule has 0 radical (unpaired) electrons. The van der Waals surface area contributed by atoms with E-state index in [-0.39, 0.29) is 11.6 Å². The quantitative estimate of drug-likeness (QED) is 0.444. The minimum absolute atomic E-state index is 0.288. The first kappa shape index (κ1) is 7.96. The molecule has 1 aliphatic rings. The zero-order chi connectivity index (χ0) is 8.27. The normalized spacial score (nSPS) is 28.9. The molecule has 0 bridgehead atoms. The van der Waals surface area contributed by atoms with Gasteiger partial charge in [0.25, 0.3) is 0 Å². The maximum Gasteiger partial charge on any atom is 0.105 e. The maximum absolute atomic E-state index is 9.99. The van der Waals surface area contributed by atoms with Crippen LogP contribution in [0.1, 0.15) is 0 Å².